The molecule has 1 unspecified atom stereocenters. The maximum absolute atomic E-state index is 12.6. The maximum atomic E-state index is 12.6. The zero-order valence-corrected chi connectivity index (χ0v) is 27.8. The van der Waals surface area contributed by atoms with E-state index >= 15 is 0 Å². The highest BCUT2D eigenvalue weighted by Gasteiger charge is 2.23. The minimum absolute atomic E-state index is 0.0372. The molecular weight excluding hydrogens is 627 g/mol. The van der Waals surface area contributed by atoms with E-state index in [-0.39, 0.29) is 41.6 Å². The van der Waals surface area contributed by atoms with E-state index in [2.05, 4.69) is 10.0 Å². The number of anilines is 2. The third-order valence-corrected chi connectivity index (χ3v) is 9.87. The molecule has 0 fully saturated rings. The standard InChI is InChI=1S/C34H41N3O7S2/c1-34(2,21-20-26-14-16-28(17-15-26)36-46(42,43)31-12-8-5-9-13-31)35-23-29(38)25-44-30-18-19-33(39)32(22-30)37(45(3,40)41)24-27-10-6-4-7-11-27/h4-19,22,29,35-36,38-39H,20-21,23-25H2,1-3H3. The number of aryl methyl sites for hydroxylation is 1. The number of benzene rings is 4. The molecule has 12 heteroatoms. The first-order chi connectivity index (χ1) is 21.7. The van der Waals surface area contributed by atoms with Gasteiger partial charge in [-0.2, -0.15) is 0 Å². The SMILES string of the molecule is CC(C)(CCc1ccc(NS(=O)(=O)c2ccccc2)cc1)NCC(O)COc1ccc(O)c(N(Cc2ccccc2)S(C)(=O)=O)c1. The van der Waals surface area contributed by atoms with Gasteiger partial charge in [-0.15, -0.1) is 0 Å². The molecule has 0 saturated heterocycles. The Bertz CT molecular complexity index is 1780. The van der Waals surface area contributed by atoms with Crippen LogP contribution in [0.3, 0.4) is 0 Å². The first-order valence-electron chi connectivity index (χ1n) is 14.8. The summed E-state index contributed by atoms with van der Waals surface area (Å²) in [5.41, 5.74) is 2.03. The first-order valence-corrected chi connectivity index (χ1v) is 18.1. The number of aliphatic hydroxyl groups excluding tert-OH is 1. The third kappa shape index (κ3) is 10.2. The van der Waals surface area contributed by atoms with Crippen LogP contribution in [0.4, 0.5) is 11.4 Å². The van der Waals surface area contributed by atoms with Crippen LogP contribution >= 0.6 is 0 Å². The van der Waals surface area contributed by atoms with Crippen molar-refractivity contribution in [2.24, 2.45) is 0 Å². The van der Waals surface area contributed by atoms with Gasteiger partial charge in [0.05, 0.1) is 23.4 Å². The lowest BCUT2D eigenvalue weighted by molar-refractivity contribution is 0.0982. The number of phenols is 1. The molecule has 4 N–H and O–H groups in total. The van der Waals surface area contributed by atoms with E-state index in [0.29, 0.717) is 11.4 Å². The predicted octanol–water partition coefficient (Wildman–Crippen LogP) is 4.90. The second-order valence-electron chi connectivity index (χ2n) is 11.8. The molecule has 0 aromatic heterocycles. The third-order valence-electron chi connectivity index (χ3n) is 7.34. The van der Waals surface area contributed by atoms with Crippen molar-refractivity contribution in [2.45, 2.75) is 49.8 Å². The Morgan fingerprint density at radius 3 is 2.11 bits per heavy atom. The molecule has 246 valence electrons. The molecule has 0 amide bonds. The number of hydrogen-bond donors (Lipinski definition) is 4. The molecule has 4 aromatic carbocycles. The van der Waals surface area contributed by atoms with Crippen molar-refractivity contribution in [3.63, 3.8) is 0 Å². The van der Waals surface area contributed by atoms with Crippen molar-refractivity contribution in [3.8, 4) is 11.5 Å². The van der Waals surface area contributed by atoms with Gasteiger partial charge in [-0.25, -0.2) is 16.8 Å². The summed E-state index contributed by atoms with van der Waals surface area (Å²) in [5, 5.41) is 24.5. The highest BCUT2D eigenvalue weighted by molar-refractivity contribution is 7.92. The predicted molar refractivity (Wildman–Crippen MR) is 181 cm³/mol. The first kappa shape index (κ1) is 34.8. The summed E-state index contributed by atoms with van der Waals surface area (Å²) in [6.07, 6.45) is 1.70. The number of nitrogens with one attached hydrogen (secondary N) is 2. The molecule has 0 saturated carbocycles. The molecule has 0 aliphatic rings. The van der Waals surface area contributed by atoms with Crippen LogP contribution in [0.1, 0.15) is 31.4 Å². The van der Waals surface area contributed by atoms with Gasteiger partial charge in [0.25, 0.3) is 10.0 Å². The Kier molecular flexibility index (Phi) is 11.3. The van der Waals surface area contributed by atoms with Gasteiger partial charge < -0.3 is 20.3 Å². The van der Waals surface area contributed by atoms with E-state index in [9.17, 15) is 27.0 Å². The van der Waals surface area contributed by atoms with Crippen LogP contribution in [0.5, 0.6) is 11.5 Å². The molecule has 0 radical (unpaired) electrons. The van der Waals surface area contributed by atoms with Gasteiger partial charge in [-0.3, -0.25) is 9.03 Å². The van der Waals surface area contributed by atoms with Crippen molar-refractivity contribution >= 4 is 31.4 Å². The van der Waals surface area contributed by atoms with Crippen molar-refractivity contribution in [3.05, 3.63) is 114 Å². The monoisotopic (exact) mass is 667 g/mol. The number of β-amino-alcohol motifs (C(OH)–C–C–N with tert-alkyl or cyclic N) is 1. The molecule has 0 aliphatic carbocycles. The van der Waals surface area contributed by atoms with Gasteiger partial charge in [0.1, 0.15) is 24.2 Å². The van der Waals surface area contributed by atoms with Gasteiger partial charge in [-0.05, 0) is 74.2 Å². The molecule has 0 heterocycles. The second kappa shape index (κ2) is 15.0. The fourth-order valence-electron chi connectivity index (χ4n) is 4.67. The molecular formula is C34H41N3O7S2. The Morgan fingerprint density at radius 2 is 1.48 bits per heavy atom. The molecule has 0 aliphatic heterocycles. The Morgan fingerprint density at radius 1 is 0.848 bits per heavy atom. The fourth-order valence-corrected chi connectivity index (χ4v) is 6.63. The van der Waals surface area contributed by atoms with Crippen LogP contribution < -0.4 is 19.1 Å². The average Bonchev–Trinajstić information content (AvgIpc) is 3.02. The lowest BCUT2D eigenvalue weighted by Gasteiger charge is -2.28. The summed E-state index contributed by atoms with van der Waals surface area (Å²) in [5.74, 6) is 0.100. The lowest BCUT2D eigenvalue weighted by atomic mass is 9.95. The molecule has 46 heavy (non-hydrogen) atoms. The fraction of sp³-hybridized carbons (Fsp3) is 0.294. The summed E-state index contributed by atoms with van der Waals surface area (Å²) in [4.78, 5) is 0.199. The van der Waals surface area contributed by atoms with Crippen LogP contribution in [-0.4, -0.2) is 58.1 Å². The molecule has 4 aromatic rings. The van der Waals surface area contributed by atoms with Gasteiger partial charge in [0, 0.05) is 23.8 Å². The van der Waals surface area contributed by atoms with Crippen molar-refractivity contribution in [1.29, 1.82) is 0 Å². The minimum Gasteiger partial charge on any atom is -0.506 e. The second-order valence-corrected chi connectivity index (χ2v) is 15.3. The van der Waals surface area contributed by atoms with Crippen LogP contribution in [0, 0.1) is 0 Å². The Hall–Kier alpha value is -4.10. The van der Waals surface area contributed by atoms with Crippen molar-refractivity contribution in [1.82, 2.24) is 5.32 Å². The van der Waals surface area contributed by atoms with E-state index in [1.165, 1.54) is 18.2 Å². The zero-order valence-electron chi connectivity index (χ0n) is 26.1. The Labute approximate surface area is 271 Å². The number of aromatic hydroxyl groups is 1. The summed E-state index contributed by atoms with van der Waals surface area (Å²) >= 11 is 0. The summed E-state index contributed by atoms with van der Waals surface area (Å²) in [6.45, 7) is 4.30. The minimum atomic E-state index is -3.73. The number of hydrogen-bond acceptors (Lipinski definition) is 8. The zero-order chi connectivity index (χ0) is 33.4. The maximum Gasteiger partial charge on any atom is 0.261 e. The summed E-state index contributed by atoms with van der Waals surface area (Å²) in [7, 11) is -7.38. The Balaban J connectivity index is 1.27. The molecule has 4 rings (SSSR count). The number of aliphatic hydroxyl groups is 1. The average molecular weight is 668 g/mol. The van der Waals surface area contributed by atoms with Crippen LogP contribution in [0.25, 0.3) is 0 Å². The number of ether oxygens (including phenoxy) is 1. The molecule has 1 atom stereocenters. The van der Waals surface area contributed by atoms with E-state index in [4.69, 9.17) is 4.74 Å². The van der Waals surface area contributed by atoms with Crippen LogP contribution in [-0.2, 0) is 33.0 Å². The quantitative estimate of drug-likeness (QED) is 0.132. The van der Waals surface area contributed by atoms with E-state index in [1.807, 2.05) is 44.2 Å². The number of rotatable bonds is 16. The largest absolute Gasteiger partial charge is 0.506 e. The van der Waals surface area contributed by atoms with Gasteiger partial charge in [-0.1, -0.05) is 60.7 Å². The summed E-state index contributed by atoms with van der Waals surface area (Å²) in [6, 6.07) is 28.8. The number of sulfonamides is 2. The number of nitrogens with zero attached hydrogens (tertiary/aromatic N) is 1. The normalized spacial score (nSPS) is 12.8. The summed E-state index contributed by atoms with van der Waals surface area (Å²) < 4.78 is 59.8. The molecule has 0 spiro atoms. The van der Waals surface area contributed by atoms with E-state index < -0.39 is 26.2 Å². The van der Waals surface area contributed by atoms with Crippen molar-refractivity contribution < 1.29 is 31.8 Å². The highest BCUT2D eigenvalue weighted by Crippen LogP contribution is 2.34. The van der Waals surface area contributed by atoms with Gasteiger partial charge in [0.2, 0.25) is 10.0 Å². The van der Waals surface area contributed by atoms with E-state index in [0.717, 1.165) is 34.5 Å². The van der Waals surface area contributed by atoms with Crippen LogP contribution in [0.2, 0.25) is 0 Å². The van der Waals surface area contributed by atoms with Crippen LogP contribution in [0.15, 0.2) is 108 Å². The van der Waals surface area contributed by atoms with E-state index in [1.54, 1.807) is 54.6 Å². The van der Waals surface area contributed by atoms with Gasteiger partial charge in [0.15, 0.2) is 0 Å². The highest BCUT2D eigenvalue weighted by atomic mass is 32.2. The van der Waals surface area contributed by atoms with Crippen molar-refractivity contribution in [2.75, 3.05) is 28.4 Å². The molecule has 10 nitrogen and oxygen atoms in total. The lowest BCUT2D eigenvalue weighted by Crippen LogP contribution is -2.45. The van der Waals surface area contributed by atoms with Gasteiger partial charge >= 0.3 is 0 Å². The topological polar surface area (TPSA) is 145 Å². The number of phenolic OH excluding ortho intramolecular Hbond substituents is 1. The molecule has 0 bridgehead atoms. The smallest absolute Gasteiger partial charge is 0.261 e.